The second-order valence-corrected chi connectivity index (χ2v) is 8.82. The molecular weight excluding hydrogens is 426 g/mol. The third kappa shape index (κ3) is 3.76. The van der Waals surface area contributed by atoms with Gasteiger partial charge in [0.25, 0.3) is 5.56 Å². The molecule has 1 aliphatic heterocycles. The monoisotopic (exact) mass is 451 g/mol. The lowest BCUT2D eigenvalue weighted by Crippen LogP contribution is -2.37. The number of nitrogens with zero attached hydrogens (tertiary/aromatic N) is 5. The van der Waals surface area contributed by atoms with E-state index in [2.05, 4.69) is 15.1 Å². The number of benzene rings is 2. The van der Waals surface area contributed by atoms with Crippen LogP contribution in [0.1, 0.15) is 5.56 Å². The smallest absolute Gasteiger partial charge is 0.267 e. The zero-order chi connectivity index (χ0) is 22.1. The molecule has 2 aromatic heterocycles. The molecule has 0 bridgehead atoms. The summed E-state index contributed by atoms with van der Waals surface area (Å²) in [5, 5.41) is 10.3. The number of ether oxygens (including phenoxy) is 2. The lowest BCUT2D eigenvalue weighted by molar-refractivity contribution is 0.0410. The second kappa shape index (κ2) is 8.93. The number of aromatic nitrogens is 4. The number of methoxy groups -OCH3 is 1. The highest BCUT2D eigenvalue weighted by atomic mass is 32.2. The third-order valence-corrected chi connectivity index (χ3v) is 6.62. The van der Waals surface area contributed by atoms with Crippen molar-refractivity contribution in [2.75, 3.05) is 45.7 Å². The minimum Gasteiger partial charge on any atom is -0.495 e. The van der Waals surface area contributed by atoms with E-state index >= 15 is 0 Å². The summed E-state index contributed by atoms with van der Waals surface area (Å²) < 4.78 is 14.6. The first-order chi connectivity index (χ1) is 15.7. The van der Waals surface area contributed by atoms with E-state index in [4.69, 9.17) is 9.47 Å². The number of aryl methyl sites for hydroxylation is 1. The Bertz CT molecular complexity index is 1330. The molecule has 2 aromatic carbocycles. The van der Waals surface area contributed by atoms with Gasteiger partial charge in [-0.2, -0.15) is 0 Å². The van der Waals surface area contributed by atoms with Gasteiger partial charge >= 0.3 is 0 Å². The maximum atomic E-state index is 13.6. The van der Waals surface area contributed by atoms with Crippen LogP contribution in [-0.4, -0.2) is 69.8 Å². The molecule has 0 amide bonds. The highest BCUT2D eigenvalue weighted by Crippen LogP contribution is 2.28. The number of hydrogen-bond acceptors (Lipinski definition) is 7. The molecule has 3 heterocycles. The molecule has 8 nitrogen and oxygen atoms in total. The van der Waals surface area contributed by atoms with Gasteiger partial charge in [0.05, 0.1) is 36.9 Å². The van der Waals surface area contributed by atoms with Crippen LogP contribution in [0.2, 0.25) is 0 Å². The van der Waals surface area contributed by atoms with Crippen molar-refractivity contribution in [2.45, 2.75) is 12.1 Å². The van der Waals surface area contributed by atoms with E-state index in [1.807, 2.05) is 53.8 Å². The molecule has 1 fully saturated rings. The minimum atomic E-state index is -0.144. The van der Waals surface area contributed by atoms with E-state index in [1.165, 1.54) is 0 Å². The fourth-order valence-electron chi connectivity index (χ4n) is 4.05. The number of para-hydroxylation sites is 1. The quantitative estimate of drug-likeness (QED) is 0.417. The summed E-state index contributed by atoms with van der Waals surface area (Å²) in [6.45, 7) is 6.42. The van der Waals surface area contributed by atoms with Crippen LogP contribution in [0.15, 0.2) is 52.4 Å². The van der Waals surface area contributed by atoms with Gasteiger partial charge in [0.2, 0.25) is 5.78 Å². The van der Waals surface area contributed by atoms with Gasteiger partial charge in [-0.1, -0.05) is 30.0 Å². The van der Waals surface area contributed by atoms with Gasteiger partial charge in [-0.05, 0) is 36.8 Å². The number of morpholine rings is 1. The minimum absolute atomic E-state index is 0.144. The van der Waals surface area contributed by atoms with Crippen molar-refractivity contribution in [3.63, 3.8) is 0 Å². The topological polar surface area (TPSA) is 73.9 Å². The Morgan fingerprint density at radius 2 is 1.94 bits per heavy atom. The third-order valence-electron chi connectivity index (χ3n) is 5.71. The zero-order valence-corrected chi connectivity index (χ0v) is 19.0. The van der Waals surface area contributed by atoms with Crippen LogP contribution in [0.4, 0.5) is 0 Å². The molecule has 0 atom stereocenters. The van der Waals surface area contributed by atoms with Crippen LogP contribution in [0.25, 0.3) is 22.4 Å². The Balaban J connectivity index is 1.63. The van der Waals surface area contributed by atoms with Gasteiger partial charge < -0.3 is 9.47 Å². The lowest BCUT2D eigenvalue weighted by atomic mass is 10.2. The van der Waals surface area contributed by atoms with E-state index in [9.17, 15) is 4.79 Å². The van der Waals surface area contributed by atoms with Crippen molar-refractivity contribution in [2.24, 2.45) is 0 Å². The Labute approximate surface area is 189 Å². The molecule has 1 saturated heterocycles. The summed E-state index contributed by atoms with van der Waals surface area (Å²) in [5.74, 6) is 1.97. The molecule has 0 aliphatic carbocycles. The van der Waals surface area contributed by atoms with Crippen molar-refractivity contribution in [1.82, 2.24) is 24.1 Å². The molecule has 0 unspecified atom stereocenters. The first kappa shape index (κ1) is 21.0. The standard InChI is InChI=1S/C23H25N5O3S/c1-16-7-8-20(30-2)19(15-16)27-21(29)17-5-3-4-6-18(17)28-22(27)24-25-23(28)32-14-11-26-9-12-31-13-10-26/h3-8,15H,9-14H2,1-2H3. The molecule has 1 aliphatic rings. The average molecular weight is 452 g/mol. The van der Waals surface area contributed by atoms with Crippen molar-refractivity contribution in [3.05, 3.63) is 58.4 Å². The van der Waals surface area contributed by atoms with Gasteiger partial charge in [0.1, 0.15) is 5.75 Å². The normalized spacial score (nSPS) is 14.9. The molecule has 166 valence electrons. The van der Waals surface area contributed by atoms with Gasteiger partial charge in [-0.3, -0.25) is 14.1 Å². The molecule has 0 spiro atoms. The SMILES string of the molecule is COc1ccc(C)cc1-n1c(=O)c2ccccc2n2c(SCCN3CCOCC3)nnc12. The fraction of sp³-hybridized carbons (Fsp3) is 0.348. The molecule has 0 radical (unpaired) electrons. The first-order valence-corrected chi connectivity index (χ1v) is 11.6. The maximum Gasteiger partial charge on any atom is 0.267 e. The Hall–Kier alpha value is -2.88. The Kier molecular flexibility index (Phi) is 5.86. The van der Waals surface area contributed by atoms with Crippen molar-refractivity contribution < 1.29 is 9.47 Å². The van der Waals surface area contributed by atoms with E-state index in [-0.39, 0.29) is 5.56 Å². The van der Waals surface area contributed by atoms with Crippen LogP contribution in [-0.2, 0) is 4.74 Å². The van der Waals surface area contributed by atoms with Gasteiger partial charge in [0.15, 0.2) is 5.16 Å². The molecule has 4 aromatic rings. The number of hydrogen-bond donors (Lipinski definition) is 0. The van der Waals surface area contributed by atoms with Crippen molar-refractivity contribution >= 4 is 28.4 Å². The van der Waals surface area contributed by atoms with Gasteiger partial charge in [-0.25, -0.2) is 4.57 Å². The summed E-state index contributed by atoms with van der Waals surface area (Å²) in [6.07, 6.45) is 0. The van der Waals surface area contributed by atoms with Crippen LogP contribution in [0, 0.1) is 6.92 Å². The molecule has 9 heteroatoms. The fourth-order valence-corrected chi connectivity index (χ4v) is 4.99. The zero-order valence-electron chi connectivity index (χ0n) is 18.2. The molecular formula is C23H25N5O3S. The van der Waals surface area contributed by atoms with E-state index in [1.54, 1.807) is 23.4 Å². The van der Waals surface area contributed by atoms with Gasteiger partial charge in [0, 0.05) is 25.4 Å². The van der Waals surface area contributed by atoms with Crippen LogP contribution >= 0.6 is 11.8 Å². The average Bonchev–Trinajstić information content (AvgIpc) is 3.24. The van der Waals surface area contributed by atoms with Crippen molar-refractivity contribution in [1.29, 1.82) is 0 Å². The predicted molar refractivity (Wildman–Crippen MR) is 125 cm³/mol. The number of thioether (sulfide) groups is 1. The summed E-state index contributed by atoms with van der Waals surface area (Å²) in [6, 6.07) is 13.4. The van der Waals surface area contributed by atoms with E-state index in [0.29, 0.717) is 22.6 Å². The number of rotatable bonds is 6. The van der Waals surface area contributed by atoms with E-state index < -0.39 is 0 Å². The highest BCUT2D eigenvalue weighted by molar-refractivity contribution is 7.99. The van der Waals surface area contributed by atoms with Crippen LogP contribution in [0.3, 0.4) is 0 Å². The molecule has 0 N–H and O–H groups in total. The predicted octanol–water partition coefficient (Wildman–Crippen LogP) is 2.77. The molecule has 0 saturated carbocycles. The second-order valence-electron chi connectivity index (χ2n) is 7.75. The Morgan fingerprint density at radius 3 is 2.75 bits per heavy atom. The number of fused-ring (bicyclic) bond motifs is 3. The summed E-state index contributed by atoms with van der Waals surface area (Å²) in [7, 11) is 1.61. The molecule has 32 heavy (non-hydrogen) atoms. The highest BCUT2D eigenvalue weighted by Gasteiger charge is 2.20. The van der Waals surface area contributed by atoms with Crippen LogP contribution < -0.4 is 10.3 Å². The summed E-state index contributed by atoms with van der Waals surface area (Å²) >= 11 is 1.65. The first-order valence-electron chi connectivity index (χ1n) is 10.6. The summed E-state index contributed by atoms with van der Waals surface area (Å²) in [5.41, 5.74) is 2.34. The van der Waals surface area contributed by atoms with Crippen molar-refractivity contribution in [3.8, 4) is 11.4 Å². The van der Waals surface area contributed by atoms with E-state index in [0.717, 1.165) is 54.8 Å². The van der Waals surface area contributed by atoms with Gasteiger partial charge in [-0.15, -0.1) is 10.2 Å². The Morgan fingerprint density at radius 1 is 1.12 bits per heavy atom. The van der Waals surface area contributed by atoms with Crippen LogP contribution in [0.5, 0.6) is 5.75 Å². The summed E-state index contributed by atoms with van der Waals surface area (Å²) in [4.78, 5) is 15.9. The maximum absolute atomic E-state index is 13.6. The molecule has 5 rings (SSSR count). The lowest BCUT2D eigenvalue weighted by Gasteiger charge is -2.26. The largest absolute Gasteiger partial charge is 0.495 e.